The van der Waals surface area contributed by atoms with Crippen molar-refractivity contribution in [3.63, 3.8) is 0 Å². The van der Waals surface area contributed by atoms with Gasteiger partial charge in [0.1, 0.15) is 6.04 Å². The number of carboxylic acid groups (broad SMARTS) is 1. The predicted octanol–water partition coefficient (Wildman–Crippen LogP) is 1.22. The van der Waals surface area contributed by atoms with Crippen LogP contribution < -0.4 is 10.2 Å². The molecular weight excluding hydrogens is 294 g/mol. The van der Waals surface area contributed by atoms with Crippen LogP contribution in [0.25, 0.3) is 0 Å². The Kier molecular flexibility index (Phi) is 4.36. The van der Waals surface area contributed by atoms with Crippen molar-refractivity contribution in [2.24, 2.45) is 5.41 Å². The van der Waals surface area contributed by atoms with Gasteiger partial charge in [0.15, 0.2) is 0 Å². The number of aliphatic carboxylic acids is 1. The molecule has 1 atom stereocenters. The molecule has 21 heavy (non-hydrogen) atoms. The van der Waals surface area contributed by atoms with Crippen molar-refractivity contribution in [1.29, 1.82) is 0 Å². The lowest BCUT2D eigenvalue weighted by molar-refractivity contribution is -0.148. The van der Waals surface area contributed by atoms with Crippen LogP contribution >= 0.6 is 11.3 Å². The number of urea groups is 1. The fourth-order valence-electron chi connectivity index (χ4n) is 2.75. The van der Waals surface area contributed by atoms with E-state index in [4.69, 9.17) is 0 Å². The van der Waals surface area contributed by atoms with Crippen molar-refractivity contribution in [2.45, 2.75) is 39.3 Å². The summed E-state index contributed by atoms with van der Waals surface area (Å²) in [6.45, 7) is 4.33. The molecule has 1 aliphatic heterocycles. The van der Waals surface area contributed by atoms with E-state index in [9.17, 15) is 19.5 Å². The molecule has 0 bridgehead atoms. The van der Waals surface area contributed by atoms with Crippen molar-refractivity contribution < 1.29 is 14.7 Å². The van der Waals surface area contributed by atoms with Gasteiger partial charge >= 0.3 is 16.9 Å². The third kappa shape index (κ3) is 3.44. The molecule has 2 rings (SSSR count). The number of carboxylic acids is 1. The molecular formula is C13H19N3O4S. The Morgan fingerprint density at radius 2 is 2.29 bits per heavy atom. The molecule has 8 heteroatoms. The fourth-order valence-corrected chi connectivity index (χ4v) is 3.33. The number of rotatable bonds is 3. The summed E-state index contributed by atoms with van der Waals surface area (Å²) in [5.74, 6) is -0.987. The Labute approximate surface area is 126 Å². The van der Waals surface area contributed by atoms with Crippen molar-refractivity contribution in [2.75, 3.05) is 6.54 Å². The number of piperidine rings is 1. The molecule has 1 unspecified atom stereocenters. The van der Waals surface area contributed by atoms with Crippen LogP contribution in [0.3, 0.4) is 0 Å². The molecule has 116 valence electrons. The standard InChI is InChI=1S/C13H19N3O4S/c1-13(2)4-3-5-16(9(13)10(17)18)11(19)14-6-8-7-21-12(20)15-8/h7,9H,3-6H2,1-2H3,(H,14,19)(H,15,20)(H,17,18). The van der Waals surface area contributed by atoms with Gasteiger partial charge in [-0.15, -0.1) is 0 Å². The zero-order valence-corrected chi connectivity index (χ0v) is 12.8. The number of hydrogen-bond donors (Lipinski definition) is 3. The van der Waals surface area contributed by atoms with Gasteiger partial charge < -0.3 is 20.3 Å². The lowest BCUT2D eigenvalue weighted by atomic mass is 9.76. The molecule has 3 N–H and O–H groups in total. The van der Waals surface area contributed by atoms with Gasteiger partial charge in [-0.05, 0) is 18.3 Å². The smallest absolute Gasteiger partial charge is 0.327 e. The second kappa shape index (κ2) is 5.88. The summed E-state index contributed by atoms with van der Waals surface area (Å²) in [4.78, 5) is 38.6. The molecule has 2 heterocycles. The molecule has 2 amide bonds. The zero-order chi connectivity index (χ0) is 15.6. The number of aromatic amines is 1. The first-order chi connectivity index (χ1) is 9.81. The Hall–Kier alpha value is -1.83. The Morgan fingerprint density at radius 1 is 1.57 bits per heavy atom. The highest BCUT2D eigenvalue weighted by molar-refractivity contribution is 7.07. The lowest BCUT2D eigenvalue weighted by Crippen LogP contribution is -2.58. The maximum Gasteiger partial charge on any atom is 0.327 e. The van der Waals surface area contributed by atoms with Crippen LogP contribution in [0, 0.1) is 5.41 Å². The van der Waals surface area contributed by atoms with Gasteiger partial charge in [0.2, 0.25) is 0 Å². The summed E-state index contributed by atoms with van der Waals surface area (Å²) >= 11 is 1.03. The third-order valence-corrected chi connectivity index (χ3v) is 4.49. The van der Waals surface area contributed by atoms with Gasteiger partial charge in [0.05, 0.1) is 6.54 Å². The number of likely N-dealkylation sites (tertiary alicyclic amines) is 1. The predicted molar refractivity (Wildman–Crippen MR) is 78.3 cm³/mol. The van der Waals surface area contributed by atoms with Crippen molar-refractivity contribution in [3.05, 3.63) is 20.7 Å². The summed E-state index contributed by atoms with van der Waals surface area (Å²) in [5, 5.41) is 13.7. The fraction of sp³-hybridized carbons (Fsp3) is 0.615. The van der Waals surface area contributed by atoms with Gasteiger partial charge in [-0.1, -0.05) is 25.2 Å². The highest BCUT2D eigenvalue weighted by Gasteiger charge is 2.44. The number of nitrogens with zero attached hydrogens (tertiary/aromatic N) is 1. The number of H-pyrrole nitrogens is 1. The minimum atomic E-state index is -0.987. The number of hydrogen-bond acceptors (Lipinski definition) is 4. The summed E-state index contributed by atoms with van der Waals surface area (Å²) in [6, 6.07) is -1.25. The largest absolute Gasteiger partial charge is 0.480 e. The second-order valence-electron chi connectivity index (χ2n) is 5.86. The molecule has 1 aliphatic rings. The molecule has 0 saturated carbocycles. The van der Waals surface area contributed by atoms with Crippen LogP contribution in [0.5, 0.6) is 0 Å². The SMILES string of the molecule is CC1(C)CCCN(C(=O)NCc2csc(=O)[nH]2)C1C(=O)O. The van der Waals surface area contributed by atoms with E-state index in [1.165, 1.54) is 4.90 Å². The minimum absolute atomic E-state index is 0.179. The molecule has 0 aliphatic carbocycles. The number of carbonyl (C=O) groups excluding carboxylic acids is 1. The van der Waals surface area contributed by atoms with Gasteiger partial charge in [0.25, 0.3) is 0 Å². The van der Waals surface area contributed by atoms with Crippen LogP contribution in [-0.2, 0) is 11.3 Å². The average Bonchev–Trinajstić information content (AvgIpc) is 2.79. The van der Waals surface area contributed by atoms with Gasteiger partial charge in [-0.25, -0.2) is 9.59 Å². The minimum Gasteiger partial charge on any atom is -0.480 e. The number of nitrogens with one attached hydrogen (secondary N) is 2. The van der Waals surface area contributed by atoms with Crippen molar-refractivity contribution in [3.8, 4) is 0 Å². The first kappa shape index (κ1) is 15.6. The lowest BCUT2D eigenvalue weighted by Gasteiger charge is -2.43. The van der Waals surface area contributed by atoms with E-state index in [0.29, 0.717) is 12.2 Å². The van der Waals surface area contributed by atoms with E-state index >= 15 is 0 Å². The molecule has 1 aromatic rings. The molecule has 1 fully saturated rings. The average molecular weight is 313 g/mol. The van der Waals surface area contributed by atoms with Gasteiger partial charge in [-0.3, -0.25) is 4.79 Å². The van der Waals surface area contributed by atoms with Crippen molar-refractivity contribution in [1.82, 2.24) is 15.2 Å². The van der Waals surface area contributed by atoms with Crippen LogP contribution in [0.1, 0.15) is 32.4 Å². The number of carbonyl (C=O) groups is 2. The van der Waals surface area contributed by atoms with E-state index in [1.807, 2.05) is 13.8 Å². The van der Waals surface area contributed by atoms with Crippen LogP contribution in [0.4, 0.5) is 4.79 Å². The molecule has 7 nitrogen and oxygen atoms in total. The summed E-state index contributed by atoms with van der Waals surface area (Å²) in [6.07, 6.45) is 1.55. The Bertz CT molecular complexity index is 592. The first-order valence-electron chi connectivity index (χ1n) is 6.75. The molecule has 1 saturated heterocycles. The normalized spacial score (nSPS) is 21.0. The molecule has 1 aromatic heterocycles. The van der Waals surface area contributed by atoms with Gasteiger partial charge in [0, 0.05) is 17.6 Å². The summed E-state index contributed by atoms with van der Waals surface area (Å²) in [5.41, 5.74) is 0.152. The van der Waals surface area contributed by atoms with Gasteiger partial charge in [-0.2, -0.15) is 0 Å². The van der Waals surface area contributed by atoms with E-state index in [-0.39, 0.29) is 11.4 Å². The van der Waals surface area contributed by atoms with E-state index in [2.05, 4.69) is 10.3 Å². The number of amides is 2. The van der Waals surface area contributed by atoms with E-state index in [1.54, 1.807) is 5.38 Å². The highest BCUT2D eigenvalue weighted by Crippen LogP contribution is 2.35. The monoisotopic (exact) mass is 313 g/mol. The molecule has 0 radical (unpaired) electrons. The first-order valence-corrected chi connectivity index (χ1v) is 7.63. The Morgan fingerprint density at radius 3 is 2.86 bits per heavy atom. The zero-order valence-electron chi connectivity index (χ0n) is 12.0. The molecule has 0 aromatic carbocycles. The quantitative estimate of drug-likeness (QED) is 0.780. The van der Waals surface area contributed by atoms with Crippen molar-refractivity contribution >= 4 is 23.3 Å². The topological polar surface area (TPSA) is 103 Å². The van der Waals surface area contributed by atoms with E-state index in [0.717, 1.165) is 24.2 Å². The van der Waals surface area contributed by atoms with Crippen LogP contribution in [0.15, 0.2) is 10.2 Å². The molecule has 0 spiro atoms. The summed E-state index contributed by atoms with van der Waals surface area (Å²) < 4.78 is 0. The number of aromatic nitrogens is 1. The Balaban J connectivity index is 2.05. The third-order valence-electron chi connectivity index (χ3n) is 3.77. The van der Waals surface area contributed by atoms with Crippen LogP contribution in [-0.4, -0.2) is 39.6 Å². The number of thiazole rings is 1. The summed E-state index contributed by atoms with van der Waals surface area (Å²) in [7, 11) is 0. The second-order valence-corrected chi connectivity index (χ2v) is 6.70. The van der Waals surface area contributed by atoms with E-state index < -0.39 is 23.5 Å². The maximum absolute atomic E-state index is 12.2. The maximum atomic E-state index is 12.2. The van der Waals surface area contributed by atoms with Crippen LogP contribution in [0.2, 0.25) is 0 Å². The highest BCUT2D eigenvalue weighted by atomic mass is 32.1.